The van der Waals surface area contributed by atoms with Crippen molar-refractivity contribution in [2.75, 3.05) is 0 Å². The van der Waals surface area contributed by atoms with Crippen molar-refractivity contribution in [2.45, 2.75) is 24.6 Å². The summed E-state index contributed by atoms with van der Waals surface area (Å²) in [7, 11) is 0. The van der Waals surface area contributed by atoms with Crippen molar-refractivity contribution in [3.05, 3.63) is 81.0 Å². The van der Waals surface area contributed by atoms with E-state index in [4.69, 9.17) is 0 Å². The van der Waals surface area contributed by atoms with Crippen LogP contribution in [0.4, 0.5) is 5.69 Å². The minimum absolute atomic E-state index is 0.105. The fourth-order valence-corrected chi connectivity index (χ4v) is 4.89. The minimum atomic E-state index is -0.383. The van der Waals surface area contributed by atoms with Gasteiger partial charge < -0.3 is 0 Å². The first-order chi connectivity index (χ1) is 13.5. The van der Waals surface area contributed by atoms with Crippen molar-refractivity contribution in [1.82, 2.24) is 9.97 Å². The van der Waals surface area contributed by atoms with E-state index in [2.05, 4.69) is 47.4 Å². The van der Waals surface area contributed by atoms with Crippen molar-refractivity contribution in [2.24, 2.45) is 0 Å². The van der Waals surface area contributed by atoms with Crippen LogP contribution >= 0.6 is 23.1 Å². The minimum Gasteiger partial charge on any atom is -0.258 e. The lowest BCUT2D eigenvalue weighted by atomic mass is 10.0. The van der Waals surface area contributed by atoms with Crippen LogP contribution in [0.2, 0.25) is 0 Å². The predicted molar refractivity (Wildman–Crippen MR) is 115 cm³/mol. The first kappa shape index (κ1) is 18.6. The summed E-state index contributed by atoms with van der Waals surface area (Å²) in [4.78, 5) is 20.3. The van der Waals surface area contributed by atoms with E-state index in [1.807, 2.05) is 0 Å². The van der Waals surface area contributed by atoms with E-state index in [9.17, 15) is 10.1 Å². The first-order valence-electron chi connectivity index (χ1n) is 8.69. The molecule has 0 aliphatic carbocycles. The van der Waals surface area contributed by atoms with Crippen molar-refractivity contribution >= 4 is 39.0 Å². The number of hydrogen-bond acceptors (Lipinski definition) is 6. The topological polar surface area (TPSA) is 68.9 Å². The maximum Gasteiger partial charge on any atom is 0.269 e. The standard InChI is InChI=1S/C21H17N3O2S2/c1-13-3-6-16(9-14(13)2)18-11-28-21-19(18)20(22-12-23-21)27-10-15-4-7-17(8-5-15)24(25)26/h3-9,11-12H,10H2,1-2H3. The van der Waals surface area contributed by atoms with Crippen LogP contribution in [0.15, 0.2) is 59.2 Å². The SMILES string of the molecule is Cc1ccc(-c2csc3ncnc(SCc4ccc([N+](=O)[O-])cc4)c23)cc1C. The van der Waals surface area contributed by atoms with Gasteiger partial charge in [-0.25, -0.2) is 9.97 Å². The van der Waals surface area contributed by atoms with Crippen LogP contribution in [0.25, 0.3) is 21.3 Å². The highest BCUT2D eigenvalue weighted by Gasteiger charge is 2.14. The number of rotatable bonds is 5. The van der Waals surface area contributed by atoms with E-state index in [1.54, 1.807) is 41.6 Å². The van der Waals surface area contributed by atoms with Gasteiger partial charge in [0.15, 0.2) is 0 Å². The second-order valence-electron chi connectivity index (χ2n) is 6.52. The quantitative estimate of drug-likeness (QED) is 0.171. The highest BCUT2D eigenvalue weighted by Crippen LogP contribution is 2.39. The normalized spacial score (nSPS) is 11.1. The summed E-state index contributed by atoms with van der Waals surface area (Å²) in [6.45, 7) is 4.23. The van der Waals surface area contributed by atoms with E-state index in [-0.39, 0.29) is 10.6 Å². The number of fused-ring (bicyclic) bond motifs is 1. The summed E-state index contributed by atoms with van der Waals surface area (Å²) < 4.78 is 0. The van der Waals surface area contributed by atoms with Crippen molar-refractivity contribution in [3.8, 4) is 11.1 Å². The molecule has 4 aromatic rings. The Bertz CT molecular complexity index is 1170. The Hall–Kier alpha value is -2.77. The first-order valence-corrected chi connectivity index (χ1v) is 10.6. The number of hydrogen-bond donors (Lipinski definition) is 0. The third-order valence-electron chi connectivity index (χ3n) is 4.68. The molecule has 0 bridgehead atoms. The molecule has 0 aliphatic rings. The van der Waals surface area contributed by atoms with E-state index in [1.165, 1.54) is 28.8 Å². The molecule has 28 heavy (non-hydrogen) atoms. The van der Waals surface area contributed by atoms with Crippen LogP contribution < -0.4 is 0 Å². The van der Waals surface area contributed by atoms with Gasteiger partial charge in [0.25, 0.3) is 5.69 Å². The second kappa shape index (κ2) is 7.69. The molecule has 5 nitrogen and oxygen atoms in total. The second-order valence-corrected chi connectivity index (χ2v) is 8.34. The molecule has 140 valence electrons. The average Bonchev–Trinajstić information content (AvgIpc) is 3.13. The van der Waals surface area contributed by atoms with Gasteiger partial charge >= 0.3 is 0 Å². The third kappa shape index (κ3) is 3.63. The van der Waals surface area contributed by atoms with Crippen molar-refractivity contribution in [1.29, 1.82) is 0 Å². The van der Waals surface area contributed by atoms with Gasteiger partial charge in [0.2, 0.25) is 0 Å². The highest BCUT2D eigenvalue weighted by atomic mass is 32.2. The van der Waals surface area contributed by atoms with Crippen molar-refractivity contribution in [3.63, 3.8) is 0 Å². The maximum atomic E-state index is 10.8. The van der Waals surface area contributed by atoms with Gasteiger partial charge in [-0.15, -0.1) is 23.1 Å². The maximum absolute atomic E-state index is 10.8. The van der Waals surface area contributed by atoms with E-state index in [0.717, 1.165) is 26.4 Å². The summed E-state index contributed by atoms with van der Waals surface area (Å²) in [6.07, 6.45) is 1.60. The number of thioether (sulfide) groups is 1. The van der Waals surface area contributed by atoms with E-state index >= 15 is 0 Å². The van der Waals surface area contributed by atoms with E-state index in [0.29, 0.717) is 5.75 Å². The Morgan fingerprint density at radius 3 is 2.57 bits per heavy atom. The van der Waals surface area contributed by atoms with Gasteiger partial charge in [0.1, 0.15) is 16.2 Å². The van der Waals surface area contributed by atoms with Crippen LogP contribution in [-0.4, -0.2) is 14.9 Å². The molecule has 0 spiro atoms. The molecule has 0 atom stereocenters. The molecule has 0 amide bonds. The Kier molecular flexibility index (Phi) is 5.11. The lowest BCUT2D eigenvalue weighted by Crippen LogP contribution is -1.90. The summed E-state index contributed by atoms with van der Waals surface area (Å²) >= 11 is 3.24. The zero-order chi connectivity index (χ0) is 19.7. The van der Waals surface area contributed by atoms with Gasteiger partial charge in [-0.05, 0) is 36.1 Å². The number of nitro groups is 1. The monoisotopic (exact) mass is 407 g/mol. The van der Waals surface area contributed by atoms with Gasteiger partial charge in [-0.3, -0.25) is 10.1 Å². The number of nitro benzene ring substituents is 1. The molecule has 0 unspecified atom stereocenters. The van der Waals surface area contributed by atoms with Crippen molar-refractivity contribution < 1.29 is 4.92 Å². The molecule has 0 fully saturated rings. The van der Waals surface area contributed by atoms with Crippen LogP contribution in [0.1, 0.15) is 16.7 Å². The Labute approximate surface area is 170 Å². The Morgan fingerprint density at radius 1 is 1.07 bits per heavy atom. The molecule has 2 aromatic carbocycles. The van der Waals surface area contributed by atoms with Gasteiger partial charge in [0, 0.05) is 28.8 Å². The van der Waals surface area contributed by atoms with Gasteiger partial charge in [-0.1, -0.05) is 30.3 Å². The predicted octanol–water partition coefficient (Wildman–Crippen LogP) is 6.18. The molecule has 0 radical (unpaired) electrons. The number of benzene rings is 2. The third-order valence-corrected chi connectivity index (χ3v) is 6.62. The lowest BCUT2D eigenvalue weighted by molar-refractivity contribution is -0.384. The Morgan fingerprint density at radius 2 is 1.86 bits per heavy atom. The van der Waals surface area contributed by atoms with E-state index < -0.39 is 0 Å². The lowest BCUT2D eigenvalue weighted by Gasteiger charge is -2.07. The molecule has 2 aromatic heterocycles. The average molecular weight is 408 g/mol. The number of nitrogens with zero attached hydrogens (tertiary/aromatic N) is 3. The largest absolute Gasteiger partial charge is 0.269 e. The number of thiophene rings is 1. The van der Waals surface area contributed by atoms with Crippen LogP contribution in [0.5, 0.6) is 0 Å². The molecular formula is C21H17N3O2S2. The van der Waals surface area contributed by atoms with Crippen LogP contribution in [0.3, 0.4) is 0 Å². The zero-order valence-electron chi connectivity index (χ0n) is 15.4. The number of aryl methyl sites for hydroxylation is 2. The molecule has 0 saturated carbocycles. The fraction of sp³-hybridized carbons (Fsp3) is 0.143. The fourth-order valence-electron chi connectivity index (χ4n) is 2.94. The zero-order valence-corrected chi connectivity index (χ0v) is 17.0. The summed E-state index contributed by atoms with van der Waals surface area (Å²) in [5.41, 5.74) is 5.97. The molecule has 0 saturated heterocycles. The molecule has 7 heteroatoms. The molecule has 4 rings (SSSR count). The number of non-ortho nitro benzene ring substituents is 1. The van der Waals surface area contributed by atoms with Gasteiger partial charge in [-0.2, -0.15) is 0 Å². The van der Waals surface area contributed by atoms with Crippen LogP contribution in [-0.2, 0) is 5.75 Å². The van der Waals surface area contributed by atoms with Crippen LogP contribution in [0, 0.1) is 24.0 Å². The number of aromatic nitrogens is 2. The molecule has 2 heterocycles. The highest BCUT2D eigenvalue weighted by molar-refractivity contribution is 7.98. The Balaban J connectivity index is 1.66. The summed E-state index contributed by atoms with van der Waals surface area (Å²) in [6, 6.07) is 13.1. The smallest absolute Gasteiger partial charge is 0.258 e. The summed E-state index contributed by atoms with van der Waals surface area (Å²) in [5.74, 6) is 0.687. The van der Waals surface area contributed by atoms with Gasteiger partial charge in [0.05, 0.1) is 10.3 Å². The molecule has 0 aliphatic heterocycles. The molecular weight excluding hydrogens is 390 g/mol. The summed E-state index contributed by atoms with van der Waals surface area (Å²) in [5, 5.41) is 14.9. The molecule has 0 N–H and O–H groups in total.